The van der Waals surface area contributed by atoms with Gasteiger partial charge in [-0.2, -0.15) is 13.8 Å². The fourth-order valence-electron chi connectivity index (χ4n) is 6.13. The van der Waals surface area contributed by atoms with Crippen molar-refractivity contribution in [2.24, 2.45) is 11.3 Å². The van der Waals surface area contributed by atoms with Gasteiger partial charge in [-0.15, -0.1) is 0 Å². The van der Waals surface area contributed by atoms with Crippen LogP contribution in [0.5, 0.6) is 0 Å². The first kappa shape index (κ1) is 23.3. The molecule has 1 aromatic carbocycles. The monoisotopic (exact) mass is 477 g/mol. The van der Waals surface area contributed by atoms with E-state index in [9.17, 15) is 23.1 Å². The number of alkyl halides is 2. The van der Waals surface area contributed by atoms with Crippen molar-refractivity contribution in [1.82, 2.24) is 10.1 Å². The Kier molecular flexibility index (Phi) is 5.35. The molecule has 34 heavy (non-hydrogen) atoms. The first-order chi connectivity index (χ1) is 15.9. The van der Waals surface area contributed by atoms with E-state index in [4.69, 9.17) is 4.52 Å². The number of aromatic nitrogens is 2. The van der Waals surface area contributed by atoms with Crippen LogP contribution in [0.15, 0.2) is 28.8 Å². The number of carbonyl (C=O) groups excluding carboxylic acids is 1. The van der Waals surface area contributed by atoms with Gasteiger partial charge in [0.25, 0.3) is 5.89 Å². The Hall–Kier alpha value is -2.42. The van der Waals surface area contributed by atoms with E-state index in [0.29, 0.717) is 30.9 Å². The summed E-state index contributed by atoms with van der Waals surface area (Å²) in [5.74, 6) is -4.24. The third-order valence-electron chi connectivity index (χ3n) is 8.28. The van der Waals surface area contributed by atoms with Gasteiger partial charge in [0.15, 0.2) is 5.82 Å². The minimum Gasteiger partial charge on any atom is -0.390 e. The van der Waals surface area contributed by atoms with E-state index < -0.39 is 23.2 Å². The van der Waals surface area contributed by atoms with E-state index in [1.807, 2.05) is 0 Å². The van der Waals surface area contributed by atoms with Crippen molar-refractivity contribution in [1.29, 1.82) is 0 Å². The Bertz CT molecular complexity index is 1060. The summed E-state index contributed by atoms with van der Waals surface area (Å²) in [4.78, 5) is 19.2. The standard InChI is InChI=1S/C25H30F3N3O3/c1-22(33)13-16(14-22)19(32)31(18-5-3-4-17(26)12-18)15-24-6-9-25(10-7-24,11-8-24)20-29-21(34-30-20)23(2,27)28/h3-5,12,16,33H,6-11,13-15H2,1-2H3. The zero-order valence-corrected chi connectivity index (χ0v) is 19.5. The van der Waals surface area contributed by atoms with Gasteiger partial charge in [-0.05, 0) is 81.9 Å². The van der Waals surface area contributed by atoms with Crippen LogP contribution in [-0.2, 0) is 16.1 Å². The Balaban J connectivity index is 1.35. The van der Waals surface area contributed by atoms with Gasteiger partial charge < -0.3 is 14.5 Å². The number of amides is 1. The van der Waals surface area contributed by atoms with Crippen LogP contribution in [0.3, 0.4) is 0 Å². The molecule has 0 saturated heterocycles. The lowest BCUT2D eigenvalue weighted by Crippen LogP contribution is -2.54. The van der Waals surface area contributed by atoms with Crippen molar-refractivity contribution in [3.05, 3.63) is 41.8 Å². The summed E-state index contributed by atoms with van der Waals surface area (Å²) in [5, 5.41) is 14.0. The molecular weight excluding hydrogens is 447 g/mol. The fourth-order valence-corrected chi connectivity index (χ4v) is 6.13. The molecule has 0 aliphatic heterocycles. The van der Waals surface area contributed by atoms with E-state index in [2.05, 4.69) is 10.1 Å². The topological polar surface area (TPSA) is 79.5 Å². The van der Waals surface area contributed by atoms with Crippen molar-refractivity contribution in [2.45, 2.75) is 82.2 Å². The number of nitrogens with zero attached hydrogens (tertiary/aromatic N) is 3. The first-order valence-electron chi connectivity index (χ1n) is 11.9. The lowest BCUT2D eigenvalue weighted by Gasteiger charge is -2.54. The Morgan fingerprint density at radius 1 is 1.21 bits per heavy atom. The molecule has 4 aliphatic carbocycles. The first-order valence-corrected chi connectivity index (χ1v) is 11.9. The highest BCUT2D eigenvalue weighted by atomic mass is 19.3. The second-order valence-corrected chi connectivity index (χ2v) is 11.1. The molecule has 6 nitrogen and oxygen atoms in total. The third-order valence-corrected chi connectivity index (χ3v) is 8.28. The second kappa shape index (κ2) is 7.80. The molecule has 9 heteroatoms. The molecule has 0 atom stereocenters. The SMILES string of the molecule is CC1(O)CC(C(=O)N(CC23CCC(c4noc(C(C)(F)F)n4)(CC2)CC3)c2cccc(F)c2)C1. The van der Waals surface area contributed by atoms with Crippen molar-refractivity contribution in [3.63, 3.8) is 0 Å². The number of fused-ring (bicyclic) bond motifs is 3. The lowest BCUT2D eigenvalue weighted by atomic mass is 9.53. The maximum atomic E-state index is 14.0. The highest BCUT2D eigenvalue weighted by Gasteiger charge is 2.54. The van der Waals surface area contributed by atoms with Gasteiger partial charge in [-0.3, -0.25) is 4.79 Å². The van der Waals surface area contributed by atoms with Crippen LogP contribution in [0.25, 0.3) is 0 Å². The van der Waals surface area contributed by atoms with E-state index in [-0.39, 0.29) is 22.7 Å². The molecule has 1 N–H and O–H groups in total. The summed E-state index contributed by atoms with van der Waals surface area (Å²) in [6.07, 6.45) is 5.36. The maximum absolute atomic E-state index is 14.0. The molecular formula is C25H30F3N3O3. The molecule has 2 aromatic rings. The Morgan fingerprint density at radius 2 is 1.85 bits per heavy atom. The summed E-state index contributed by atoms with van der Waals surface area (Å²) < 4.78 is 46.1. The maximum Gasteiger partial charge on any atom is 0.322 e. The molecule has 6 rings (SSSR count). The predicted octanol–water partition coefficient (Wildman–Crippen LogP) is 5.11. The number of carbonyl (C=O) groups is 1. The predicted molar refractivity (Wildman–Crippen MR) is 118 cm³/mol. The van der Waals surface area contributed by atoms with Gasteiger partial charge in [-0.25, -0.2) is 4.39 Å². The van der Waals surface area contributed by atoms with Crippen molar-refractivity contribution in [3.8, 4) is 0 Å². The van der Waals surface area contributed by atoms with Gasteiger partial charge in [0.1, 0.15) is 5.82 Å². The van der Waals surface area contributed by atoms with Crippen LogP contribution in [0.4, 0.5) is 18.9 Å². The molecule has 4 saturated carbocycles. The molecule has 0 unspecified atom stereocenters. The molecule has 1 amide bonds. The largest absolute Gasteiger partial charge is 0.390 e. The zero-order chi connectivity index (χ0) is 24.4. The van der Waals surface area contributed by atoms with Crippen molar-refractivity contribution < 1.29 is 27.6 Å². The number of rotatable bonds is 6. The third kappa shape index (κ3) is 4.12. The van der Waals surface area contributed by atoms with E-state index in [0.717, 1.165) is 45.4 Å². The van der Waals surface area contributed by atoms with Crippen molar-refractivity contribution in [2.75, 3.05) is 11.4 Å². The smallest absolute Gasteiger partial charge is 0.322 e. The van der Waals surface area contributed by atoms with E-state index in [1.165, 1.54) is 12.1 Å². The average Bonchev–Trinajstić information content (AvgIpc) is 3.29. The molecule has 2 bridgehead atoms. The zero-order valence-electron chi connectivity index (χ0n) is 19.5. The molecule has 4 fully saturated rings. The highest BCUT2D eigenvalue weighted by molar-refractivity contribution is 5.96. The minimum atomic E-state index is -3.17. The number of hydrogen-bond acceptors (Lipinski definition) is 5. The quantitative estimate of drug-likeness (QED) is 0.626. The van der Waals surface area contributed by atoms with Gasteiger partial charge >= 0.3 is 5.92 Å². The Labute approximate surface area is 196 Å². The van der Waals surface area contributed by atoms with Gasteiger partial charge in [0.05, 0.1) is 5.60 Å². The average molecular weight is 478 g/mol. The summed E-state index contributed by atoms with van der Waals surface area (Å²) in [7, 11) is 0. The van der Waals surface area contributed by atoms with Crippen LogP contribution in [0, 0.1) is 17.2 Å². The lowest BCUT2D eigenvalue weighted by molar-refractivity contribution is -0.137. The van der Waals surface area contributed by atoms with E-state index in [1.54, 1.807) is 24.0 Å². The van der Waals surface area contributed by atoms with Crippen LogP contribution in [-0.4, -0.2) is 33.3 Å². The van der Waals surface area contributed by atoms with Crippen LogP contribution < -0.4 is 4.90 Å². The molecule has 1 heterocycles. The minimum absolute atomic E-state index is 0.0816. The molecule has 184 valence electrons. The summed E-state index contributed by atoms with van der Waals surface area (Å²) >= 11 is 0. The summed E-state index contributed by atoms with van der Waals surface area (Å²) in [6.45, 7) is 2.93. The van der Waals surface area contributed by atoms with Gasteiger partial charge in [-0.1, -0.05) is 11.2 Å². The highest BCUT2D eigenvalue weighted by Crippen LogP contribution is 2.58. The normalized spacial score (nSPS) is 32.9. The van der Waals surface area contributed by atoms with E-state index >= 15 is 0 Å². The van der Waals surface area contributed by atoms with Gasteiger partial charge in [0, 0.05) is 30.5 Å². The molecule has 1 aromatic heterocycles. The fraction of sp³-hybridized carbons (Fsp3) is 0.640. The number of benzene rings is 1. The molecule has 0 spiro atoms. The Morgan fingerprint density at radius 3 is 2.38 bits per heavy atom. The number of anilines is 1. The summed E-state index contributed by atoms with van der Waals surface area (Å²) in [5.41, 5.74) is -0.826. The van der Waals surface area contributed by atoms with Gasteiger partial charge in [0.2, 0.25) is 5.91 Å². The van der Waals surface area contributed by atoms with Crippen LogP contribution >= 0.6 is 0 Å². The second-order valence-electron chi connectivity index (χ2n) is 11.1. The van der Waals surface area contributed by atoms with Crippen molar-refractivity contribution >= 4 is 11.6 Å². The number of hydrogen-bond donors (Lipinski definition) is 1. The molecule has 4 aliphatic rings. The van der Waals surface area contributed by atoms with Crippen LogP contribution in [0.1, 0.15) is 76.9 Å². The van der Waals surface area contributed by atoms with Crippen LogP contribution in [0.2, 0.25) is 0 Å². The number of aliphatic hydroxyl groups is 1. The molecule has 0 radical (unpaired) electrons. The number of halogens is 3. The summed E-state index contributed by atoms with van der Waals surface area (Å²) in [6, 6.07) is 6.08.